The quantitative estimate of drug-likeness (QED) is 0.730. The minimum Gasteiger partial charge on any atom is -0.492 e. The van der Waals surface area contributed by atoms with Gasteiger partial charge in [0.1, 0.15) is 17.1 Å². The molecule has 1 saturated carbocycles. The number of nitrogens with two attached hydrogens (primary N) is 1. The molecule has 1 aliphatic carbocycles. The van der Waals surface area contributed by atoms with Gasteiger partial charge in [0.25, 0.3) is 0 Å². The Bertz CT molecular complexity index is 1140. The lowest BCUT2D eigenvalue weighted by Crippen LogP contribution is -2.33. The number of ether oxygens (including phenoxy) is 2. The molecule has 1 aromatic carbocycles. The number of benzene rings is 1. The Morgan fingerprint density at radius 3 is 2.68 bits per heavy atom. The van der Waals surface area contributed by atoms with Gasteiger partial charge in [-0.15, -0.1) is 0 Å². The molecule has 1 aliphatic heterocycles. The lowest BCUT2D eigenvalue weighted by Gasteiger charge is -2.33. The fraction of sp³-hybridized carbons (Fsp3) is 0.455. The molecule has 0 spiro atoms. The van der Waals surface area contributed by atoms with Crippen LogP contribution in [0.4, 0.5) is 14.5 Å². The number of piperidine rings is 1. The van der Waals surface area contributed by atoms with Crippen molar-refractivity contribution in [1.29, 1.82) is 0 Å². The molecule has 2 heterocycles. The van der Waals surface area contributed by atoms with Crippen molar-refractivity contribution in [2.75, 3.05) is 38.8 Å². The highest BCUT2D eigenvalue weighted by atomic mass is 19.1. The van der Waals surface area contributed by atoms with E-state index in [2.05, 4.69) is 0 Å². The fourth-order valence-electron chi connectivity index (χ4n) is 4.26. The molecule has 0 unspecified atom stereocenters. The average Bonchev–Trinajstić information content (AvgIpc) is 3.63. The van der Waals surface area contributed by atoms with Crippen molar-refractivity contribution >= 4 is 22.6 Å². The predicted molar refractivity (Wildman–Crippen MR) is 113 cm³/mol. The van der Waals surface area contributed by atoms with Crippen molar-refractivity contribution in [2.45, 2.75) is 31.7 Å². The van der Waals surface area contributed by atoms with Crippen LogP contribution >= 0.6 is 0 Å². The zero-order chi connectivity index (χ0) is 22.3. The van der Waals surface area contributed by atoms with Gasteiger partial charge in [0.15, 0.2) is 11.6 Å². The number of carbonyl (C=O) groups excluding carboxylic acids is 1. The molecule has 2 aliphatic rings. The van der Waals surface area contributed by atoms with Crippen LogP contribution in [0.15, 0.2) is 28.5 Å². The molecule has 9 heteroatoms. The summed E-state index contributed by atoms with van der Waals surface area (Å²) >= 11 is 0. The zero-order valence-electron chi connectivity index (χ0n) is 17.5. The van der Waals surface area contributed by atoms with Crippen LogP contribution in [0, 0.1) is 5.82 Å². The third-order valence-electron chi connectivity index (χ3n) is 5.92. The molecule has 7 nitrogen and oxygen atoms in total. The van der Waals surface area contributed by atoms with E-state index in [1.54, 1.807) is 9.47 Å². The Balaban J connectivity index is 1.97. The minimum absolute atomic E-state index is 0.0498. The highest BCUT2D eigenvalue weighted by molar-refractivity contribution is 5.97. The van der Waals surface area contributed by atoms with Gasteiger partial charge >= 0.3 is 5.97 Å². The van der Waals surface area contributed by atoms with Gasteiger partial charge in [-0.2, -0.15) is 0 Å². The van der Waals surface area contributed by atoms with Gasteiger partial charge in [0.2, 0.25) is 5.43 Å². The van der Waals surface area contributed by atoms with Gasteiger partial charge < -0.3 is 24.7 Å². The standard InChI is InChI=1S/C22H25F2N3O4/c1-30-21-18-14(20(28)15(22(29)31-2)11-27(18)13-5-6-13)8-16(23)19(21)26-7-3-4-12(10-26)17(24)9-25/h8,11,13H,3-7,9-10,25H2,1-2H3/b17-12+. The van der Waals surface area contributed by atoms with Crippen LogP contribution in [0.5, 0.6) is 5.75 Å². The maximum Gasteiger partial charge on any atom is 0.343 e. The topological polar surface area (TPSA) is 86.8 Å². The van der Waals surface area contributed by atoms with Gasteiger partial charge in [0.05, 0.1) is 25.1 Å². The molecule has 0 radical (unpaired) electrons. The number of nitrogens with zero attached hydrogens (tertiary/aromatic N) is 2. The van der Waals surface area contributed by atoms with Crippen molar-refractivity contribution in [1.82, 2.24) is 4.57 Å². The molecule has 2 aromatic rings. The Hall–Kier alpha value is -2.94. The number of halogens is 2. The molecule has 0 bridgehead atoms. The number of esters is 1. The molecule has 31 heavy (non-hydrogen) atoms. The third kappa shape index (κ3) is 3.67. The van der Waals surface area contributed by atoms with Crippen molar-refractivity contribution < 1.29 is 23.0 Å². The lowest BCUT2D eigenvalue weighted by molar-refractivity contribution is 0.0598. The van der Waals surface area contributed by atoms with E-state index in [4.69, 9.17) is 15.2 Å². The summed E-state index contributed by atoms with van der Waals surface area (Å²) in [5.74, 6) is -1.62. The summed E-state index contributed by atoms with van der Waals surface area (Å²) in [5, 5.41) is 0.0498. The van der Waals surface area contributed by atoms with E-state index in [0.717, 1.165) is 18.9 Å². The largest absolute Gasteiger partial charge is 0.492 e. The van der Waals surface area contributed by atoms with E-state index in [1.165, 1.54) is 20.4 Å². The van der Waals surface area contributed by atoms with E-state index in [-0.39, 0.29) is 47.3 Å². The summed E-state index contributed by atoms with van der Waals surface area (Å²) in [4.78, 5) is 26.8. The molecule has 0 amide bonds. The first-order chi connectivity index (χ1) is 14.9. The molecule has 1 aromatic heterocycles. The van der Waals surface area contributed by atoms with Gasteiger partial charge in [-0.05, 0) is 37.3 Å². The van der Waals surface area contributed by atoms with Crippen LogP contribution in [0.1, 0.15) is 42.1 Å². The third-order valence-corrected chi connectivity index (χ3v) is 5.92. The second-order valence-corrected chi connectivity index (χ2v) is 7.88. The van der Waals surface area contributed by atoms with Gasteiger partial charge in [-0.1, -0.05) is 0 Å². The summed E-state index contributed by atoms with van der Waals surface area (Å²) in [6.45, 7) is 0.502. The van der Waals surface area contributed by atoms with Crippen molar-refractivity contribution in [3.05, 3.63) is 45.3 Å². The monoisotopic (exact) mass is 433 g/mol. The molecular weight excluding hydrogens is 408 g/mol. The van der Waals surface area contributed by atoms with E-state index in [9.17, 15) is 14.0 Å². The number of fused-ring (bicyclic) bond motifs is 1. The first-order valence-corrected chi connectivity index (χ1v) is 10.3. The maximum absolute atomic E-state index is 15.4. The summed E-state index contributed by atoms with van der Waals surface area (Å²) in [5.41, 5.74) is 5.83. The molecule has 4 rings (SSSR count). The van der Waals surface area contributed by atoms with Gasteiger partial charge in [-0.3, -0.25) is 4.79 Å². The number of carbonyl (C=O) groups is 1. The van der Waals surface area contributed by atoms with E-state index in [0.29, 0.717) is 30.5 Å². The van der Waals surface area contributed by atoms with Crippen LogP contribution < -0.4 is 20.8 Å². The molecule has 166 valence electrons. The second-order valence-electron chi connectivity index (χ2n) is 7.88. The number of rotatable bonds is 5. The summed E-state index contributed by atoms with van der Waals surface area (Å²) < 4.78 is 41.7. The Morgan fingerprint density at radius 1 is 1.32 bits per heavy atom. The van der Waals surface area contributed by atoms with Crippen molar-refractivity contribution in [3.63, 3.8) is 0 Å². The average molecular weight is 433 g/mol. The fourth-order valence-corrected chi connectivity index (χ4v) is 4.26. The minimum atomic E-state index is -0.771. The first-order valence-electron chi connectivity index (χ1n) is 10.3. The Labute approximate surface area is 178 Å². The smallest absolute Gasteiger partial charge is 0.343 e. The number of hydrogen-bond donors (Lipinski definition) is 1. The number of hydrogen-bond acceptors (Lipinski definition) is 6. The Morgan fingerprint density at radius 2 is 2.06 bits per heavy atom. The van der Waals surface area contributed by atoms with E-state index in [1.807, 2.05) is 0 Å². The summed E-state index contributed by atoms with van der Waals surface area (Å²) in [6, 6.07) is 1.21. The molecule has 1 saturated heterocycles. The second kappa shape index (κ2) is 8.30. The van der Waals surface area contributed by atoms with Gasteiger partial charge in [0, 0.05) is 31.9 Å². The molecule has 2 N–H and O–H groups in total. The highest BCUT2D eigenvalue weighted by Crippen LogP contribution is 2.44. The molecule has 0 atom stereocenters. The van der Waals surface area contributed by atoms with E-state index < -0.39 is 17.2 Å². The molecular formula is C22H25F2N3O4. The van der Waals surface area contributed by atoms with Crippen LogP contribution in [0.3, 0.4) is 0 Å². The van der Waals surface area contributed by atoms with Crippen LogP contribution in [-0.2, 0) is 4.74 Å². The number of anilines is 1. The normalized spacial score (nSPS) is 18.3. The predicted octanol–water partition coefficient (Wildman–Crippen LogP) is 3.05. The maximum atomic E-state index is 15.4. The lowest BCUT2D eigenvalue weighted by atomic mass is 10.0. The zero-order valence-corrected chi connectivity index (χ0v) is 17.5. The summed E-state index contributed by atoms with van der Waals surface area (Å²) in [7, 11) is 2.61. The Kier molecular flexibility index (Phi) is 5.70. The number of aromatic nitrogens is 1. The van der Waals surface area contributed by atoms with E-state index >= 15 is 4.39 Å². The SMILES string of the molecule is COC(=O)c1cn(C2CC2)c2c(OC)c(N3CCC/C(=C(\F)CN)C3)c(F)cc2c1=O. The highest BCUT2D eigenvalue weighted by Gasteiger charge is 2.32. The number of pyridine rings is 1. The molecule has 2 fully saturated rings. The van der Waals surface area contributed by atoms with Gasteiger partial charge in [-0.25, -0.2) is 13.6 Å². The van der Waals surface area contributed by atoms with Crippen LogP contribution in [0.2, 0.25) is 0 Å². The van der Waals surface area contributed by atoms with Crippen molar-refractivity contribution in [3.8, 4) is 5.75 Å². The van der Waals surface area contributed by atoms with Crippen molar-refractivity contribution in [2.24, 2.45) is 5.73 Å². The summed E-state index contributed by atoms with van der Waals surface area (Å²) in [6.07, 6.45) is 4.40. The number of methoxy groups -OCH3 is 2. The van der Waals surface area contributed by atoms with Crippen LogP contribution in [0.25, 0.3) is 10.9 Å². The first kappa shape index (κ1) is 21.3. The van der Waals surface area contributed by atoms with Crippen LogP contribution in [-0.4, -0.2) is 44.4 Å².